The first-order valence-electron chi connectivity index (χ1n) is 12.3. The molecule has 0 aliphatic carbocycles. The topological polar surface area (TPSA) is 59.1 Å². The second-order valence-electron chi connectivity index (χ2n) is 10.1. The van der Waals surface area contributed by atoms with E-state index >= 15 is 0 Å². The summed E-state index contributed by atoms with van der Waals surface area (Å²) < 4.78 is 19.3. The monoisotopic (exact) mass is 526 g/mol. The second-order valence-corrected chi connectivity index (χ2v) is 10.5. The molecule has 0 aliphatic heterocycles. The van der Waals surface area contributed by atoms with Crippen LogP contribution in [0.15, 0.2) is 91.3 Å². The van der Waals surface area contributed by atoms with E-state index in [1.165, 1.54) is 18.5 Å². The maximum Gasteiger partial charge on any atom is 0.141 e. The van der Waals surface area contributed by atoms with Crippen molar-refractivity contribution in [1.82, 2.24) is 9.97 Å². The molecule has 0 bridgehead atoms. The Hall–Kier alpha value is -4.16. The zero-order chi connectivity index (χ0) is 26.7. The van der Waals surface area contributed by atoms with Crippen molar-refractivity contribution in [3.05, 3.63) is 108 Å². The molecule has 38 heavy (non-hydrogen) atoms. The molecule has 0 saturated carbocycles. The number of aromatic nitrogens is 2. The van der Waals surface area contributed by atoms with Gasteiger partial charge < -0.3 is 15.4 Å². The number of ether oxygens (including phenoxy) is 1. The zero-order valence-corrected chi connectivity index (χ0v) is 22.2. The van der Waals surface area contributed by atoms with E-state index in [9.17, 15) is 4.39 Å². The number of nitrogens with one attached hydrogen (secondary N) is 2. The van der Waals surface area contributed by atoms with Gasteiger partial charge in [-0.25, -0.2) is 14.4 Å². The van der Waals surface area contributed by atoms with Gasteiger partial charge in [-0.3, -0.25) is 0 Å². The summed E-state index contributed by atoms with van der Waals surface area (Å²) in [5.41, 5.74) is 5.46. The highest BCUT2D eigenvalue weighted by Crippen LogP contribution is 2.35. The maximum absolute atomic E-state index is 13.4. The van der Waals surface area contributed by atoms with Crippen molar-refractivity contribution < 1.29 is 9.13 Å². The smallest absolute Gasteiger partial charge is 0.141 e. The van der Waals surface area contributed by atoms with Crippen molar-refractivity contribution in [2.75, 3.05) is 10.6 Å². The molecule has 0 atom stereocenters. The molecule has 192 valence electrons. The number of rotatable bonds is 7. The predicted molar refractivity (Wildman–Crippen MR) is 154 cm³/mol. The minimum Gasteiger partial charge on any atom is -0.487 e. The average molecular weight is 527 g/mol. The van der Waals surface area contributed by atoms with E-state index in [0.29, 0.717) is 16.6 Å². The quantitative estimate of drug-likeness (QED) is 0.222. The number of hydrogen-bond donors (Lipinski definition) is 2. The molecule has 0 amide bonds. The van der Waals surface area contributed by atoms with Gasteiger partial charge in [0.05, 0.1) is 10.5 Å². The summed E-state index contributed by atoms with van der Waals surface area (Å²) in [4.78, 5) is 8.96. The van der Waals surface area contributed by atoms with Crippen LogP contribution < -0.4 is 15.4 Å². The fourth-order valence-electron chi connectivity index (χ4n) is 4.19. The van der Waals surface area contributed by atoms with Gasteiger partial charge in [0.25, 0.3) is 0 Å². The van der Waals surface area contributed by atoms with Gasteiger partial charge in [0, 0.05) is 27.9 Å². The van der Waals surface area contributed by atoms with Crippen molar-refractivity contribution in [2.45, 2.75) is 32.9 Å². The first kappa shape index (κ1) is 25.5. The Kier molecular flexibility index (Phi) is 7.16. The molecule has 5 rings (SSSR count). The summed E-state index contributed by atoms with van der Waals surface area (Å²) in [5, 5.41) is 8.29. The Morgan fingerprint density at radius 3 is 2.53 bits per heavy atom. The summed E-state index contributed by atoms with van der Waals surface area (Å²) >= 11 is 6.51. The van der Waals surface area contributed by atoms with Gasteiger partial charge in [-0.15, -0.1) is 0 Å². The Bertz CT molecular complexity index is 1600. The van der Waals surface area contributed by atoms with Crippen LogP contribution in [0.3, 0.4) is 0 Å². The molecule has 0 saturated heterocycles. The lowest BCUT2D eigenvalue weighted by atomic mass is 9.99. The molecule has 0 spiro atoms. The van der Waals surface area contributed by atoms with Crippen LogP contribution in [0.4, 0.5) is 21.6 Å². The molecule has 5 nitrogen and oxygen atoms in total. The van der Waals surface area contributed by atoms with Crippen molar-refractivity contribution in [3.63, 3.8) is 0 Å². The van der Waals surface area contributed by atoms with Crippen LogP contribution in [0, 0.1) is 5.82 Å². The van der Waals surface area contributed by atoms with Crippen molar-refractivity contribution in [3.8, 4) is 16.9 Å². The fraction of sp³-hybridized carbons (Fsp3) is 0.161. The summed E-state index contributed by atoms with van der Waals surface area (Å²) in [5.74, 6) is 0.882. The molecule has 5 aromatic rings. The van der Waals surface area contributed by atoms with Gasteiger partial charge >= 0.3 is 0 Å². The van der Waals surface area contributed by atoms with Crippen LogP contribution in [0.2, 0.25) is 5.02 Å². The number of para-hydroxylation sites is 1. The highest BCUT2D eigenvalue weighted by molar-refractivity contribution is 6.32. The first-order chi connectivity index (χ1) is 18.2. The Balaban J connectivity index is 1.41. The minimum absolute atomic E-state index is 0.0742. The Labute approximate surface area is 226 Å². The summed E-state index contributed by atoms with van der Waals surface area (Å²) in [6.45, 7) is 6.64. The number of benzene rings is 4. The van der Waals surface area contributed by atoms with Gasteiger partial charge in [0.2, 0.25) is 0 Å². The molecular formula is C31H28ClFN4O. The van der Waals surface area contributed by atoms with Crippen LogP contribution in [0.1, 0.15) is 26.3 Å². The molecule has 0 unspecified atom stereocenters. The van der Waals surface area contributed by atoms with E-state index < -0.39 is 0 Å². The number of halogens is 2. The molecule has 1 heterocycles. The van der Waals surface area contributed by atoms with Crippen LogP contribution in [0.25, 0.3) is 22.0 Å². The minimum atomic E-state index is -0.300. The van der Waals surface area contributed by atoms with Crippen LogP contribution >= 0.6 is 11.6 Å². The summed E-state index contributed by atoms with van der Waals surface area (Å²) in [6.07, 6.45) is 1.54. The Morgan fingerprint density at radius 1 is 0.895 bits per heavy atom. The first-order valence-corrected chi connectivity index (χ1v) is 12.7. The maximum atomic E-state index is 13.4. The number of anilines is 3. The van der Waals surface area contributed by atoms with Gasteiger partial charge in [-0.2, -0.15) is 0 Å². The highest BCUT2D eigenvalue weighted by atomic mass is 35.5. The lowest BCUT2D eigenvalue weighted by Crippen LogP contribution is -2.26. The lowest BCUT2D eigenvalue weighted by Gasteiger charge is -2.24. The molecule has 4 aromatic carbocycles. The predicted octanol–water partition coefficient (Wildman–Crippen LogP) is 8.62. The van der Waals surface area contributed by atoms with E-state index in [0.717, 1.165) is 39.0 Å². The molecule has 0 radical (unpaired) electrons. The summed E-state index contributed by atoms with van der Waals surface area (Å²) in [6, 6.07) is 26.2. The molecule has 2 N–H and O–H groups in total. The molecular weight excluding hydrogens is 499 g/mol. The molecule has 0 fully saturated rings. The van der Waals surface area contributed by atoms with Crippen LogP contribution in [0.5, 0.6) is 5.75 Å². The number of fused-ring (bicyclic) bond motifs is 1. The standard InChI is InChI=1S/C31H28ClFN4O/c1-31(2,3)37-28-10-5-4-9-24(28)21-11-13-27-25(16-21)30(35-19-34-27)36-23-12-14-29(26(32)17-23)38-18-20-7-6-8-22(33)15-20/h4-17,19,37H,18H2,1-3H3,(H,34,35,36). The summed E-state index contributed by atoms with van der Waals surface area (Å²) in [7, 11) is 0. The SMILES string of the molecule is CC(C)(C)Nc1ccccc1-c1ccc2ncnc(Nc3ccc(OCc4cccc(F)c4)c(Cl)c3)c2c1. The van der Waals surface area contributed by atoms with Crippen LogP contribution in [-0.4, -0.2) is 15.5 Å². The third kappa shape index (κ3) is 6.03. The Morgan fingerprint density at radius 2 is 1.74 bits per heavy atom. The fourth-order valence-corrected chi connectivity index (χ4v) is 4.43. The largest absolute Gasteiger partial charge is 0.487 e. The lowest BCUT2D eigenvalue weighted by molar-refractivity contribution is 0.306. The molecule has 1 aromatic heterocycles. The van der Waals surface area contributed by atoms with E-state index in [4.69, 9.17) is 16.3 Å². The van der Waals surface area contributed by atoms with Gasteiger partial charge in [-0.05, 0) is 80.4 Å². The zero-order valence-electron chi connectivity index (χ0n) is 21.4. The van der Waals surface area contributed by atoms with E-state index in [1.54, 1.807) is 24.3 Å². The second kappa shape index (κ2) is 10.7. The van der Waals surface area contributed by atoms with Crippen molar-refractivity contribution >= 4 is 39.7 Å². The van der Waals surface area contributed by atoms with E-state index in [-0.39, 0.29) is 18.0 Å². The van der Waals surface area contributed by atoms with Crippen molar-refractivity contribution in [2.24, 2.45) is 0 Å². The molecule has 7 heteroatoms. The van der Waals surface area contributed by atoms with Gasteiger partial charge in [-0.1, -0.05) is 48.0 Å². The number of nitrogens with zero attached hydrogens (tertiary/aromatic N) is 2. The van der Waals surface area contributed by atoms with Crippen molar-refractivity contribution in [1.29, 1.82) is 0 Å². The normalized spacial score (nSPS) is 11.4. The van der Waals surface area contributed by atoms with Gasteiger partial charge in [0.15, 0.2) is 0 Å². The highest BCUT2D eigenvalue weighted by Gasteiger charge is 2.14. The third-order valence-corrected chi connectivity index (χ3v) is 6.16. The average Bonchev–Trinajstić information content (AvgIpc) is 2.88. The molecule has 0 aliphatic rings. The van der Waals surface area contributed by atoms with Gasteiger partial charge in [0.1, 0.15) is 30.3 Å². The van der Waals surface area contributed by atoms with E-state index in [1.807, 2.05) is 24.3 Å². The van der Waals surface area contributed by atoms with Crippen LogP contribution in [-0.2, 0) is 6.61 Å². The third-order valence-electron chi connectivity index (χ3n) is 5.86. The van der Waals surface area contributed by atoms with E-state index in [2.05, 4.69) is 65.6 Å². The number of hydrogen-bond acceptors (Lipinski definition) is 5.